The van der Waals surface area contributed by atoms with Crippen molar-refractivity contribution in [3.05, 3.63) is 71.5 Å². The largest absolute Gasteiger partial charge is 0.486 e. The van der Waals surface area contributed by atoms with Gasteiger partial charge in [-0.05, 0) is 36.6 Å². The average molecular weight is 397 g/mol. The summed E-state index contributed by atoms with van der Waals surface area (Å²) in [6, 6.07) is 18.1. The predicted octanol–water partition coefficient (Wildman–Crippen LogP) is 3.43. The van der Waals surface area contributed by atoms with E-state index in [2.05, 4.69) is 29.3 Å². The fourth-order valence-corrected chi connectivity index (χ4v) is 3.44. The topological polar surface area (TPSA) is 83.0 Å². The molecule has 0 saturated heterocycles. The monoisotopic (exact) mass is 396 g/mol. The van der Waals surface area contributed by atoms with Gasteiger partial charge in [0.05, 0.1) is 11.8 Å². The van der Waals surface area contributed by atoms with Crippen LogP contribution in [0.1, 0.15) is 30.8 Å². The van der Waals surface area contributed by atoms with Gasteiger partial charge in [0, 0.05) is 0 Å². The van der Waals surface area contributed by atoms with E-state index < -0.39 is 5.25 Å². The molecule has 2 N–H and O–H groups in total. The first-order valence-corrected chi connectivity index (χ1v) is 10.1. The van der Waals surface area contributed by atoms with Crippen molar-refractivity contribution in [3.63, 3.8) is 0 Å². The molecule has 3 aromatic rings. The summed E-state index contributed by atoms with van der Waals surface area (Å²) in [6.07, 6.45) is 0.990. The number of carbonyl (C=O) groups is 1. The summed E-state index contributed by atoms with van der Waals surface area (Å²) in [7, 11) is 0. The molecule has 0 aliphatic heterocycles. The minimum Gasteiger partial charge on any atom is -0.486 e. The maximum absolute atomic E-state index is 11.5. The molecular weight excluding hydrogens is 372 g/mol. The van der Waals surface area contributed by atoms with Crippen LogP contribution in [-0.2, 0) is 24.4 Å². The van der Waals surface area contributed by atoms with Crippen LogP contribution in [-0.4, -0.2) is 25.9 Å². The van der Waals surface area contributed by atoms with Gasteiger partial charge in [-0.3, -0.25) is 9.36 Å². The van der Waals surface area contributed by atoms with Gasteiger partial charge in [0.15, 0.2) is 11.0 Å². The Morgan fingerprint density at radius 3 is 2.46 bits per heavy atom. The SMILES string of the molecule is CCc1ccc(OCc2nnc(S[C@H](C)C(N)=O)n2Cc2ccccc2)cc1. The molecule has 0 unspecified atom stereocenters. The Bertz CT molecular complexity index is 910. The van der Waals surface area contributed by atoms with Crippen molar-refractivity contribution >= 4 is 17.7 Å². The van der Waals surface area contributed by atoms with Crippen LogP contribution in [0, 0.1) is 0 Å². The third kappa shape index (κ3) is 5.13. The maximum Gasteiger partial charge on any atom is 0.230 e. The minimum atomic E-state index is -0.394. The minimum absolute atomic E-state index is 0.289. The fraction of sp³-hybridized carbons (Fsp3) is 0.286. The molecule has 1 heterocycles. The van der Waals surface area contributed by atoms with Crippen molar-refractivity contribution in [1.29, 1.82) is 0 Å². The Balaban J connectivity index is 1.80. The summed E-state index contributed by atoms with van der Waals surface area (Å²) in [5.74, 6) is 1.10. The summed E-state index contributed by atoms with van der Waals surface area (Å²) in [5, 5.41) is 8.80. The Kier molecular flexibility index (Phi) is 6.71. The number of carbonyl (C=O) groups excluding carboxylic acids is 1. The summed E-state index contributed by atoms with van der Waals surface area (Å²) >= 11 is 1.30. The van der Waals surface area contributed by atoms with Gasteiger partial charge >= 0.3 is 0 Å². The van der Waals surface area contributed by atoms with Gasteiger partial charge in [-0.15, -0.1) is 10.2 Å². The van der Waals surface area contributed by atoms with Crippen molar-refractivity contribution in [1.82, 2.24) is 14.8 Å². The number of amides is 1. The van der Waals surface area contributed by atoms with Crippen LogP contribution < -0.4 is 10.5 Å². The van der Waals surface area contributed by atoms with Gasteiger partial charge in [-0.25, -0.2) is 0 Å². The maximum atomic E-state index is 11.5. The van der Waals surface area contributed by atoms with Gasteiger partial charge in [-0.1, -0.05) is 61.2 Å². The third-order valence-electron chi connectivity index (χ3n) is 4.36. The van der Waals surface area contributed by atoms with Gasteiger partial charge in [0.2, 0.25) is 5.91 Å². The quantitative estimate of drug-likeness (QED) is 0.560. The second-order valence-corrected chi connectivity index (χ2v) is 7.73. The van der Waals surface area contributed by atoms with Crippen molar-refractivity contribution in [2.24, 2.45) is 5.73 Å². The fourth-order valence-electron chi connectivity index (χ4n) is 2.62. The molecule has 0 radical (unpaired) electrons. The molecule has 0 fully saturated rings. The second kappa shape index (κ2) is 9.41. The summed E-state index contributed by atoms with van der Waals surface area (Å²) in [5.41, 5.74) is 7.79. The Morgan fingerprint density at radius 2 is 1.82 bits per heavy atom. The van der Waals surface area contributed by atoms with Crippen molar-refractivity contribution in [2.75, 3.05) is 0 Å². The van der Waals surface area contributed by atoms with Gasteiger partial charge in [0.1, 0.15) is 12.4 Å². The van der Waals surface area contributed by atoms with Crippen LogP contribution in [0.15, 0.2) is 59.8 Å². The predicted molar refractivity (Wildman–Crippen MR) is 110 cm³/mol. The first-order chi connectivity index (χ1) is 13.6. The van der Waals surface area contributed by atoms with E-state index in [0.717, 1.165) is 17.7 Å². The molecule has 1 atom stereocenters. The van der Waals surface area contributed by atoms with Crippen molar-refractivity contribution in [3.8, 4) is 5.75 Å². The van der Waals surface area contributed by atoms with E-state index in [9.17, 15) is 4.79 Å². The van der Waals surface area contributed by atoms with Crippen molar-refractivity contribution < 1.29 is 9.53 Å². The number of thioether (sulfide) groups is 1. The number of primary amides is 1. The highest BCUT2D eigenvalue weighted by atomic mass is 32.2. The van der Waals surface area contributed by atoms with Crippen LogP contribution in [0.25, 0.3) is 0 Å². The third-order valence-corrected chi connectivity index (χ3v) is 5.46. The lowest BCUT2D eigenvalue weighted by Gasteiger charge is -2.13. The molecule has 0 aliphatic rings. The number of aromatic nitrogens is 3. The average Bonchev–Trinajstić information content (AvgIpc) is 3.08. The Morgan fingerprint density at radius 1 is 1.11 bits per heavy atom. The molecule has 0 aliphatic carbocycles. The van der Waals surface area contributed by atoms with E-state index in [-0.39, 0.29) is 12.5 Å². The van der Waals surface area contributed by atoms with E-state index in [4.69, 9.17) is 10.5 Å². The van der Waals surface area contributed by atoms with E-state index in [1.807, 2.05) is 47.0 Å². The standard InChI is InChI=1S/C21H24N4O2S/c1-3-16-9-11-18(12-10-16)27-14-19-23-24-21(28-15(2)20(22)26)25(19)13-17-7-5-4-6-8-17/h4-12,15H,3,13-14H2,1-2H3,(H2,22,26)/t15-/m1/s1. The number of hydrogen-bond donors (Lipinski definition) is 1. The molecule has 28 heavy (non-hydrogen) atoms. The highest BCUT2D eigenvalue weighted by Gasteiger charge is 2.19. The normalized spacial score (nSPS) is 11.9. The van der Waals surface area contributed by atoms with E-state index in [0.29, 0.717) is 17.5 Å². The van der Waals surface area contributed by atoms with Crippen LogP contribution in [0.5, 0.6) is 5.75 Å². The number of rotatable bonds is 9. The molecule has 1 aromatic heterocycles. The summed E-state index contributed by atoms with van der Waals surface area (Å²) in [6.45, 7) is 4.76. The lowest BCUT2D eigenvalue weighted by molar-refractivity contribution is -0.117. The van der Waals surface area contributed by atoms with Crippen molar-refractivity contribution in [2.45, 2.75) is 43.8 Å². The highest BCUT2D eigenvalue weighted by molar-refractivity contribution is 8.00. The zero-order valence-electron chi connectivity index (χ0n) is 16.0. The highest BCUT2D eigenvalue weighted by Crippen LogP contribution is 2.24. The molecule has 7 heteroatoms. The number of aryl methyl sites for hydroxylation is 1. The molecule has 0 saturated carbocycles. The first-order valence-electron chi connectivity index (χ1n) is 9.20. The van der Waals surface area contributed by atoms with E-state index in [1.165, 1.54) is 17.3 Å². The summed E-state index contributed by atoms with van der Waals surface area (Å²) < 4.78 is 7.88. The second-order valence-electron chi connectivity index (χ2n) is 6.42. The molecule has 2 aromatic carbocycles. The van der Waals surface area contributed by atoms with E-state index in [1.54, 1.807) is 6.92 Å². The first kappa shape index (κ1) is 19.9. The molecular formula is C21H24N4O2S. The summed E-state index contributed by atoms with van der Waals surface area (Å²) in [4.78, 5) is 11.5. The van der Waals surface area contributed by atoms with E-state index >= 15 is 0 Å². The van der Waals surface area contributed by atoms with Crippen LogP contribution in [0.3, 0.4) is 0 Å². The number of nitrogens with two attached hydrogens (primary N) is 1. The smallest absolute Gasteiger partial charge is 0.230 e. The van der Waals surface area contributed by atoms with Gasteiger partial charge < -0.3 is 10.5 Å². The number of nitrogens with zero attached hydrogens (tertiary/aromatic N) is 3. The molecule has 6 nitrogen and oxygen atoms in total. The molecule has 1 amide bonds. The Labute approximate surface area is 169 Å². The molecule has 3 rings (SSSR count). The van der Waals surface area contributed by atoms with Crippen LogP contribution in [0.4, 0.5) is 0 Å². The number of hydrogen-bond acceptors (Lipinski definition) is 5. The number of benzene rings is 2. The van der Waals surface area contributed by atoms with Crippen LogP contribution in [0.2, 0.25) is 0 Å². The molecule has 0 bridgehead atoms. The lowest BCUT2D eigenvalue weighted by atomic mass is 10.2. The zero-order valence-corrected chi connectivity index (χ0v) is 16.9. The Hall–Kier alpha value is -2.80. The van der Waals surface area contributed by atoms with Gasteiger partial charge in [-0.2, -0.15) is 0 Å². The van der Waals surface area contributed by atoms with Crippen LogP contribution >= 0.6 is 11.8 Å². The van der Waals surface area contributed by atoms with Gasteiger partial charge in [0.25, 0.3) is 0 Å². The molecule has 0 spiro atoms. The lowest BCUT2D eigenvalue weighted by Crippen LogP contribution is -2.23. The molecule has 146 valence electrons. The zero-order chi connectivity index (χ0) is 19.9. The number of ether oxygens (including phenoxy) is 1.